The summed E-state index contributed by atoms with van der Waals surface area (Å²) in [5.41, 5.74) is 5.65. The zero-order valence-electron chi connectivity index (χ0n) is 8.51. The second-order valence-corrected chi connectivity index (χ2v) is 3.86. The molecule has 0 aromatic carbocycles. The third kappa shape index (κ3) is 3.63. The van der Waals surface area contributed by atoms with E-state index in [1.165, 1.54) is 0 Å². The van der Waals surface area contributed by atoms with Gasteiger partial charge in [0.05, 0.1) is 6.54 Å². The quantitative estimate of drug-likeness (QED) is 0.572. The first kappa shape index (κ1) is 10.3. The first-order valence-electron chi connectivity index (χ1n) is 4.97. The fourth-order valence-corrected chi connectivity index (χ4v) is 1.47. The van der Waals surface area contributed by atoms with E-state index in [0.29, 0.717) is 18.5 Å². The Morgan fingerprint density at radius 2 is 2.38 bits per heavy atom. The van der Waals surface area contributed by atoms with Gasteiger partial charge in [-0.1, -0.05) is 13.8 Å². The topological polar surface area (TPSA) is 62.4 Å². The van der Waals surface area contributed by atoms with E-state index >= 15 is 0 Å². The Morgan fingerprint density at radius 1 is 1.62 bits per heavy atom. The Morgan fingerprint density at radius 3 is 2.85 bits per heavy atom. The summed E-state index contributed by atoms with van der Waals surface area (Å²) in [6.07, 6.45) is 1.09. The van der Waals surface area contributed by atoms with Gasteiger partial charge >= 0.3 is 0 Å². The maximum absolute atomic E-state index is 5.65. The monoisotopic (exact) mass is 184 g/mol. The van der Waals surface area contributed by atoms with Crippen molar-refractivity contribution in [1.29, 1.82) is 0 Å². The maximum Gasteiger partial charge on any atom is 0.191 e. The van der Waals surface area contributed by atoms with Crippen LogP contribution in [0, 0.1) is 5.92 Å². The van der Waals surface area contributed by atoms with Crippen LogP contribution in [0.5, 0.6) is 0 Å². The van der Waals surface area contributed by atoms with Crippen LogP contribution < -0.4 is 16.4 Å². The third-order valence-electron chi connectivity index (χ3n) is 2.06. The molecule has 4 N–H and O–H groups in total. The average molecular weight is 184 g/mol. The highest BCUT2D eigenvalue weighted by atomic mass is 15.2. The Kier molecular flexibility index (Phi) is 4.02. The number of aliphatic imine (C=N–C) groups is 1. The number of nitrogens with two attached hydrogens (primary N) is 1. The van der Waals surface area contributed by atoms with Crippen molar-refractivity contribution in [3.8, 4) is 0 Å². The molecule has 0 fully saturated rings. The summed E-state index contributed by atoms with van der Waals surface area (Å²) >= 11 is 0. The summed E-state index contributed by atoms with van der Waals surface area (Å²) in [5, 5.41) is 6.49. The van der Waals surface area contributed by atoms with Crippen LogP contribution >= 0.6 is 0 Å². The van der Waals surface area contributed by atoms with Crippen molar-refractivity contribution in [1.82, 2.24) is 10.6 Å². The van der Waals surface area contributed by atoms with Crippen LogP contribution in [0.25, 0.3) is 0 Å². The molecule has 0 aromatic heterocycles. The highest BCUT2D eigenvalue weighted by Crippen LogP contribution is 2.03. The number of hydrogen-bond donors (Lipinski definition) is 3. The van der Waals surface area contributed by atoms with Gasteiger partial charge in [-0.05, 0) is 12.3 Å². The van der Waals surface area contributed by atoms with E-state index < -0.39 is 0 Å². The molecule has 1 heterocycles. The minimum absolute atomic E-state index is 0.351. The molecule has 0 aliphatic carbocycles. The lowest BCUT2D eigenvalue weighted by atomic mass is 10.0. The summed E-state index contributed by atoms with van der Waals surface area (Å²) in [6.45, 7) is 6.89. The van der Waals surface area contributed by atoms with Gasteiger partial charge in [0.25, 0.3) is 0 Å². The molecule has 0 radical (unpaired) electrons. The first-order chi connectivity index (χ1) is 6.22. The Labute approximate surface area is 80.0 Å². The van der Waals surface area contributed by atoms with Crippen molar-refractivity contribution in [3.05, 3.63) is 0 Å². The first-order valence-corrected chi connectivity index (χ1v) is 4.97. The van der Waals surface area contributed by atoms with Crippen molar-refractivity contribution < 1.29 is 0 Å². The Balaban J connectivity index is 2.30. The summed E-state index contributed by atoms with van der Waals surface area (Å²) in [6, 6.07) is 0.351. The second-order valence-electron chi connectivity index (χ2n) is 3.86. The molecule has 0 spiro atoms. The molecule has 1 unspecified atom stereocenters. The zero-order valence-corrected chi connectivity index (χ0v) is 8.51. The Bertz CT molecular complexity index is 176. The molecule has 4 nitrogen and oxygen atoms in total. The molecule has 0 saturated heterocycles. The van der Waals surface area contributed by atoms with E-state index in [1.54, 1.807) is 0 Å². The predicted octanol–water partition coefficient (Wildman–Crippen LogP) is -0.0914. The molecule has 76 valence electrons. The maximum atomic E-state index is 5.65. The molecule has 0 amide bonds. The lowest BCUT2D eigenvalue weighted by molar-refractivity contribution is 0.468. The molecule has 0 saturated carbocycles. The molecular formula is C9H20N4. The second kappa shape index (κ2) is 5.07. The minimum atomic E-state index is 0.351. The Hall–Kier alpha value is -0.770. The lowest BCUT2D eigenvalue weighted by Gasteiger charge is -2.19. The highest BCUT2D eigenvalue weighted by molar-refractivity contribution is 5.81. The molecule has 0 bridgehead atoms. The van der Waals surface area contributed by atoms with E-state index in [0.717, 1.165) is 25.5 Å². The van der Waals surface area contributed by atoms with Gasteiger partial charge in [0.15, 0.2) is 5.96 Å². The van der Waals surface area contributed by atoms with Crippen molar-refractivity contribution in [2.75, 3.05) is 19.6 Å². The van der Waals surface area contributed by atoms with Gasteiger partial charge in [-0.15, -0.1) is 0 Å². The number of nitrogens with zero attached hydrogens (tertiary/aromatic N) is 1. The average Bonchev–Trinajstić information content (AvgIpc) is 2.55. The zero-order chi connectivity index (χ0) is 9.68. The van der Waals surface area contributed by atoms with Gasteiger partial charge in [-0.25, -0.2) is 0 Å². The van der Waals surface area contributed by atoms with E-state index in [9.17, 15) is 0 Å². The van der Waals surface area contributed by atoms with Crippen molar-refractivity contribution in [3.63, 3.8) is 0 Å². The molecule has 1 rings (SSSR count). The van der Waals surface area contributed by atoms with Gasteiger partial charge < -0.3 is 16.4 Å². The van der Waals surface area contributed by atoms with E-state index in [1.807, 2.05) is 0 Å². The van der Waals surface area contributed by atoms with E-state index in [2.05, 4.69) is 29.5 Å². The van der Waals surface area contributed by atoms with Gasteiger partial charge in [0.2, 0.25) is 0 Å². The van der Waals surface area contributed by atoms with Crippen LogP contribution in [-0.4, -0.2) is 31.6 Å². The molecule has 4 heteroatoms. The van der Waals surface area contributed by atoms with Crippen molar-refractivity contribution >= 4 is 5.96 Å². The number of nitrogens with one attached hydrogen (secondary N) is 2. The van der Waals surface area contributed by atoms with Crippen LogP contribution in [0.15, 0.2) is 4.99 Å². The largest absolute Gasteiger partial charge is 0.355 e. The molecule has 13 heavy (non-hydrogen) atoms. The standard InChI is InChI=1S/C9H20N4/c1-7(2)5-8(6-10)13-9-11-3-4-12-9/h7-8H,3-6,10H2,1-2H3,(H2,11,12,13). The lowest BCUT2D eigenvalue weighted by Crippen LogP contribution is -2.45. The minimum Gasteiger partial charge on any atom is -0.355 e. The van der Waals surface area contributed by atoms with Crippen LogP contribution in [0.4, 0.5) is 0 Å². The van der Waals surface area contributed by atoms with Gasteiger partial charge in [0.1, 0.15) is 0 Å². The normalized spacial score (nSPS) is 18.3. The fraction of sp³-hybridized carbons (Fsp3) is 0.889. The van der Waals surface area contributed by atoms with Crippen molar-refractivity contribution in [2.45, 2.75) is 26.3 Å². The van der Waals surface area contributed by atoms with Gasteiger partial charge in [-0.3, -0.25) is 4.99 Å². The number of hydrogen-bond acceptors (Lipinski definition) is 4. The van der Waals surface area contributed by atoms with Crippen LogP contribution in [0.1, 0.15) is 20.3 Å². The number of rotatable bonds is 4. The summed E-state index contributed by atoms with van der Waals surface area (Å²) < 4.78 is 0. The van der Waals surface area contributed by atoms with Crippen LogP contribution in [-0.2, 0) is 0 Å². The van der Waals surface area contributed by atoms with Gasteiger partial charge in [0, 0.05) is 19.1 Å². The molecule has 1 atom stereocenters. The van der Waals surface area contributed by atoms with E-state index in [4.69, 9.17) is 5.73 Å². The summed E-state index contributed by atoms with van der Waals surface area (Å²) in [5.74, 6) is 1.58. The van der Waals surface area contributed by atoms with Crippen LogP contribution in [0.3, 0.4) is 0 Å². The SMILES string of the molecule is CC(C)CC(CN)NC1=NCCN1. The van der Waals surface area contributed by atoms with E-state index in [-0.39, 0.29) is 0 Å². The summed E-state index contributed by atoms with van der Waals surface area (Å²) in [7, 11) is 0. The third-order valence-corrected chi connectivity index (χ3v) is 2.06. The van der Waals surface area contributed by atoms with Gasteiger partial charge in [-0.2, -0.15) is 0 Å². The van der Waals surface area contributed by atoms with Crippen molar-refractivity contribution in [2.24, 2.45) is 16.6 Å². The molecule has 1 aliphatic heterocycles. The van der Waals surface area contributed by atoms with Crippen LogP contribution in [0.2, 0.25) is 0 Å². The highest BCUT2D eigenvalue weighted by Gasteiger charge is 2.12. The molecular weight excluding hydrogens is 164 g/mol. The smallest absolute Gasteiger partial charge is 0.191 e. The predicted molar refractivity (Wildman–Crippen MR) is 55.7 cm³/mol. The fourth-order valence-electron chi connectivity index (χ4n) is 1.47. The number of guanidine groups is 1. The molecule has 1 aliphatic rings. The summed E-state index contributed by atoms with van der Waals surface area (Å²) in [4.78, 5) is 4.27. The molecule has 0 aromatic rings.